The van der Waals surface area contributed by atoms with E-state index in [0.29, 0.717) is 0 Å². The molecule has 0 aliphatic carbocycles. The summed E-state index contributed by atoms with van der Waals surface area (Å²) < 4.78 is 6.65. The molecule has 1 nitrogen and oxygen atoms in total. The van der Waals surface area contributed by atoms with E-state index < -0.39 is 0 Å². The maximum atomic E-state index is 6.65. The van der Waals surface area contributed by atoms with E-state index in [4.69, 9.17) is 4.42 Å². The highest BCUT2D eigenvalue weighted by Gasteiger charge is 2.14. The second-order valence-corrected chi connectivity index (χ2v) is 9.65. The van der Waals surface area contributed by atoms with Gasteiger partial charge in [-0.05, 0) is 60.6 Å². The molecule has 8 aromatic rings. The fourth-order valence-electron chi connectivity index (χ4n) is 6.08. The Labute approximate surface area is 213 Å². The van der Waals surface area contributed by atoms with Gasteiger partial charge in [-0.25, -0.2) is 0 Å². The highest BCUT2D eigenvalue weighted by molar-refractivity contribution is 6.31. The fraction of sp³-hybridized carbons (Fsp3) is 0. The lowest BCUT2D eigenvalue weighted by molar-refractivity contribution is 0.673. The van der Waals surface area contributed by atoms with Gasteiger partial charge >= 0.3 is 0 Å². The minimum absolute atomic E-state index is 0.916. The first-order valence-electron chi connectivity index (χ1n) is 12.7. The molecule has 0 bridgehead atoms. The standard InChI is InChI=1S/C36H22O/c1-2-13-25-23(11-1)24-12-3-4-14-26(24)28-16-7-8-19-31(28)35-32(29-17-6-5-15-27(25)29)21-22-33-30-18-9-10-20-34(30)37-36(33)35/h1-22H. The van der Waals surface area contributed by atoms with Crippen molar-refractivity contribution in [3.8, 4) is 0 Å². The Bertz CT molecular complexity index is 2170. The van der Waals surface area contributed by atoms with Gasteiger partial charge in [-0.3, -0.25) is 0 Å². The predicted octanol–water partition coefficient (Wildman–Crippen LogP) is 10.5. The van der Waals surface area contributed by atoms with Crippen LogP contribution < -0.4 is 0 Å². The third-order valence-corrected chi connectivity index (χ3v) is 7.69. The summed E-state index contributed by atoms with van der Waals surface area (Å²) in [5.74, 6) is 0. The molecule has 0 saturated heterocycles. The van der Waals surface area contributed by atoms with Gasteiger partial charge in [0.1, 0.15) is 11.2 Å². The van der Waals surface area contributed by atoms with Crippen molar-refractivity contribution in [3.63, 3.8) is 0 Å². The van der Waals surface area contributed by atoms with Crippen molar-refractivity contribution in [2.45, 2.75) is 0 Å². The number of benzene rings is 6. The second-order valence-electron chi connectivity index (χ2n) is 9.65. The summed E-state index contributed by atoms with van der Waals surface area (Å²) in [6.45, 7) is 0. The first kappa shape index (κ1) is 20.3. The quantitative estimate of drug-likeness (QED) is 0.215. The zero-order valence-electron chi connectivity index (χ0n) is 20.1. The Balaban J connectivity index is 1.84. The van der Waals surface area contributed by atoms with E-state index in [2.05, 4.69) is 127 Å². The molecule has 1 heteroatoms. The molecule has 1 aromatic heterocycles. The highest BCUT2D eigenvalue weighted by atomic mass is 16.3. The van der Waals surface area contributed by atoms with Gasteiger partial charge in [-0.1, -0.05) is 121 Å². The van der Waals surface area contributed by atoms with Crippen LogP contribution in [0.5, 0.6) is 0 Å². The molecule has 0 amide bonds. The van der Waals surface area contributed by atoms with Crippen LogP contribution in [0.3, 0.4) is 0 Å². The second kappa shape index (κ2) is 7.81. The topological polar surface area (TPSA) is 13.1 Å². The number of hydrogen-bond acceptors (Lipinski definition) is 1. The van der Waals surface area contributed by atoms with Gasteiger partial charge in [0.05, 0.1) is 0 Å². The zero-order valence-corrected chi connectivity index (χ0v) is 20.1. The van der Waals surface area contributed by atoms with Crippen molar-refractivity contribution in [3.05, 3.63) is 133 Å². The largest absolute Gasteiger partial charge is 0.455 e. The van der Waals surface area contributed by atoms with Gasteiger partial charge in [-0.15, -0.1) is 0 Å². The Kier molecular flexibility index (Phi) is 4.29. The van der Waals surface area contributed by atoms with E-state index in [9.17, 15) is 0 Å². The molecule has 7 aromatic carbocycles. The molecule has 0 spiro atoms. The average molecular weight is 471 g/mol. The molecule has 0 atom stereocenters. The summed E-state index contributed by atoms with van der Waals surface area (Å²) in [4.78, 5) is 0. The number of para-hydroxylation sites is 1. The molecular weight excluding hydrogens is 448 g/mol. The Morgan fingerprint density at radius 2 is 0.595 bits per heavy atom. The van der Waals surface area contributed by atoms with E-state index in [1.165, 1.54) is 48.5 Å². The van der Waals surface area contributed by atoms with Gasteiger partial charge in [0.15, 0.2) is 0 Å². The number of hydrogen-bond donors (Lipinski definition) is 0. The summed E-state index contributed by atoms with van der Waals surface area (Å²) in [7, 11) is 0. The van der Waals surface area contributed by atoms with Crippen molar-refractivity contribution < 1.29 is 4.42 Å². The molecule has 172 valence electrons. The molecule has 0 aliphatic heterocycles. The lowest BCUT2D eigenvalue weighted by Gasteiger charge is -2.10. The number of furan rings is 1. The molecule has 0 saturated carbocycles. The van der Waals surface area contributed by atoms with E-state index in [0.717, 1.165) is 27.3 Å². The minimum Gasteiger partial charge on any atom is -0.455 e. The molecule has 8 rings (SSSR count). The normalized spacial score (nSPS) is 11.8. The monoisotopic (exact) mass is 470 g/mol. The molecule has 37 heavy (non-hydrogen) atoms. The lowest BCUT2D eigenvalue weighted by atomic mass is 9.94. The third kappa shape index (κ3) is 2.92. The SMILES string of the molecule is c1ccc2c(c1)oc1c2ccc2c3ccccc3c3ccccc3c3ccccc3c3ccccc3c21. The maximum absolute atomic E-state index is 6.65. The van der Waals surface area contributed by atoms with Crippen LogP contribution in [0.2, 0.25) is 0 Å². The van der Waals surface area contributed by atoms with Gasteiger partial charge in [-0.2, -0.15) is 0 Å². The van der Waals surface area contributed by atoms with Crippen molar-refractivity contribution in [1.29, 1.82) is 0 Å². The van der Waals surface area contributed by atoms with Crippen LogP contribution in [0.1, 0.15) is 0 Å². The molecule has 0 radical (unpaired) electrons. The van der Waals surface area contributed by atoms with Gasteiger partial charge in [0, 0.05) is 16.2 Å². The number of fused-ring (bicyclic) bond motifs is 14. The Hall–Kier alpha value is -4.88. The van der Waals surface area contributed by atoms with Crippen LogP contribution in [-0.4, -0.2) is 0 Å². The summed E-state index contributed by atoms with van der Waals surface area (Å²) in [5, 5.41) is 14.4. The van der Waals surface area contributed by atoms with Crippen LogP contribution in [0.25, 0.3) is 75.8 Å². The molecule has 0 fully saturated rings. The lowest BCUT2D eigenvalue weighted by Crippen LogP contribution is -1.82. The summed E-state index contributed by atoms with van der Waals surface area (Å²) in [5.41, 5.74) is 1.85. The molecule has 0 N–H and O–H groups in total. The zero-order chi connectivity index (χ0) is 24.3. The Morgan fingerprint density at radius 3 is 1.08 bits per heavy atom. The maximum Gasteiger partial charge on any atom is 0.143 e. The van der Waals surface area contributed by atoms with Crippen LogP contribution in [0, 0.1) is 0 Å². The van der Waals surface area contributed by atoms with E-state index >= 15 is 0 Å². The first-order valence-corrected chi connectivity index (χ1v) is 12.7. The predicted molar refractivity (Wildman–Crippen MR) is 159 cm³/mol. The first-order chi connectivity index (χ1) is 18.4. The number of rotatable bonds is 0. The van der Waals surface area contributed by atoms with Gasteiger partial charge in [0.25, 0.3) is 0 Å². The van der Waals surface area contributed by atoms with Crippen molar-refractivity contribution in [2.75, 3.05) is 0 Å². The van der Waals surface area contributed by atoms with Crippen LogP contribution in [-0.2, 0) is 0 Å². The van der Waals surface area contributed by atoms with E-state index in [-0.39, 0.29) is 0 Å². The summed E-state index contributed by atoms with van der Waals surface area (Å²) in [6, 6.07) is 47.9. The summed E-state index contributed by atoms with van der Waals surface area (Å²) in [6.07, 6.45) is 0. The van der Waals surface area contributed by atoms with Crippen molar-refractivity contribution in [2.24, 2.45) is 0 Å². The van der Waals surface area contributed by atoms with Crippen LogP contribution in [0.15, 0.2) is 138 Å². The smallest absolute Gasteiger partial charge is 0.143 e. The van der Waals surface area contributed by atoms with Crippen LogP contribution in [0.4, 0.5) is 0 Å². The fourth-order valence-corrected chi connectivity index (χ4v) is 6.08. The minimum atomic E-state index is 0.916. The van der Waals surface area contributed by atoms with Crippen molar-refractivity contribution >= 4 is 75.8 Å². The van der Waals surface area contributed by atoms with E-state index in [1.54, 1.807) is 0 Å². The summed E-state index contributed by atoms with van der Waals surface area (Å²) >= 11 is 0. The molecular formula is C36H22O. The molecule has 0 unspecified atom stereocenters. The third-order valence-electron chi connectivity index (χ3n) is 7.69. The van der Waals surface area contributed by atoms with E-state index in [1.807, 2.05) is 6.07 Å². The molecule has 0 aliphatic rings. The highest BCUT2D eigenvalue weighted by Crippen LogP contribution is 2.40. The Morgan fingerprint density at radius 1 is 0.270 bits per heavy atom. The van der Waals surface area contributed by atoms with Crippen LogP contribution >= 0.6 is 0 Å². The van der Waals surface area contributed by atoms with Gasteiger partial charge < -0.3 is 4.42 Å². The molecule has 1 heterocycles. The van der Waals surface area contributed by atoms with Crippen molar-refractivity contribution in [1.82, 2.24) is 0 Å². The van der Waals surface area contributed by atoms with Gasteiger partial charge in [0.2, 0.25) is 0 Å². The average Bonchev–Trinajstić information content (AvgIpc) is 3.35.